The van der Waals surface area contributed by atoms with Gasteiger partial charge in [0.1, 0.15) is 11.2 Å². The Morgan fingerprint density at radius 1 is 0.326 bits per heavy atom. The lowest BCUT2D eigenvalue weighted by Gasteiger charge is -2.19. The summed E-state index contributed by atoms with van der Waals surface area (Å²) in [5.41, 5.74) is 9.07. The van der Waals surface area contributed by atoms with E-state index in [1.165, 1.54) is 60.1 Å². The number of furan rings is 1. The molecule has 1 nitrogen and oxygen atoms in total. The molecule has 1 heterocycles. The van der Waals surface area contributed by atoms with E-state index in [0.29, 0.717) is 0 Å². The van der Waals surface area contributed by atoms with E-state index in [1.807, 2.05) is 6.07 Å². The first kappa shape index (κ1) is 24.0. The van der Waals surface area contributed by atoms with E-state index < -0.39 is 0 Å². The first-order chi connectivity index (χ1) is 21.3. The molecule has 1 heteroatoms. The number of hydrogen-bond donors (Lipinski definition) is 0. The zero-order valence-electron chi connectivity index (χ0n) is 23.4. The van der Waals surface area contributed by atoms with Crippen molar-refractivity contribution in [3.63, 3.8) is 0 Å². The highest BCUT2D eigenvalue weighted by Gasteiger charge is 2.21. The van der Waals surface area contributed by atoms with Crippen LogP contribution in [-0.2, 0) is 0 Å². The molecule has 0 atom stereocenters. The Kier molecular flexibility index (Phi) is 5.27. The van der Waals surface area contributed by atoms with Crippen LogP contribution in [0.15, 0.2) is 162 Å². The molecule has 9 rings (SSSR count). The van der Waals surface area contributed by atoms with Crippen molar-refractivity contribution in [3.8, 4) is 33.4 Å². The van der Waals surface area contributed by atoms with E-state index in [9.17, 15) is 0 Å². The summed E-state index contributed by atoms with van der Waals surface area (Å²) < 4.78 is 6.53. The Bertz CT molecular complexity index is 2440. The molecule has 0 aliphatic heterocycles. The normalized spacial score (nSPS) is 11.7. The van der Waals surface area contributed by atoms with Gasteiger partial charge in [-0.1, -0.05) is 133 Å². The van der Waals surface area contributed by atoms with E-state index in [4.69, 9.17) is 4.42 Å². The molecule has 0 bridgehead atoms. The van der Waals surface area contributed by atoms with E-state index in [1.54, 1.807) is 0 Å². The molecule has 200 valence electrons. The van der Waals surface area contributed by atoms with Crippen LogP contribution in [0.2, 0.25) is 0 Å². The first-order valence-corrected chi connectivity index (χ1v) is 14.8. The Balaban J connectivity index is 1.45. The summed E-state index contributed by atoms with van der Waals surface area (Å²) in [6, 6.07) is 56.8. The summed E-state index contributed by atoms with van der Waals surface area (Å²) in [6.45, 7) is 0. The Morgan fingerprint density at radius 2 is 0.907 bits per heavy atom. The maximum absolute atomic E-state index is 6.53. The Labute approximate surface area is 249 Å². The molecular formula is C42H26O. The van der Waals surface area contributed by atoms with Crippen molar-refractivity contribution in [2.24, 2.45) is 0 Å². The number of para-hydroxylation sites is 1. The third kappa shape index (κ3) is 3.72. The van der Waals surface area contributed by atoms with Crippen molar-refractivity contribution >= 4 is 54.3 Å². The summed E-state index contributed by atoms with van der Waals surface area (Å²) in [4.78, 5) is 0. The average Bonchev–Trinajstić information content (AvgIpc) is 3.46. The van der Waals surface area contributed by atoms with Gasteiger partial charge in [0.2, 0.25) is 0 Å². The lowest BCUT2D eigenvalue weighted by Crippen LogP contribution is -1.92. The second-order valence-corrected chi connectivity index (χ2v) is 11.3. The fourth-order valence-electron chi connectivity index (χ4n) is 6.92. The molecule has 0 saturated heterocycles. The molecule has 0 fully saturated rings. The van der Waals surface area contributed by atoms with Crippen LogP contribution in [0, 0.1) is 0 Å². The van der Waals surface area contributed by atoms with Gasteiger partial charge < -0.3 is 4.42 Å². The van der Waals surface area contributed by atoms with Crippen LogP contribution in [0.25, 0.3) is 87.6 Å². The maximum Gasteiger partial charge on any atom is 0.136 e. The molecule has 0 spiro atoms. The van der Waals surface area contributed by atoms with Gasteiger partial charge in [-0.05, 0) is 90.0 Å². The van der Waals surface area contributed by atoms with Crippen LogP contribution in [0.3, 0.4) is 0 Å². The smallest absolute Gasteiger partial charge is 0.136 e. The van der Waals surface area contributed by atoms with Gasteiger partial charge in [0, 0.05) is 10.8 Å². The monoisotopic (exact) mass is 546 g/mol. The molecule has 0 saturated carbocycles. The summed E-state index contributed by atoms with van der Waals surface area (Å²) in [7, 11) is 0. The predicted molar refractivity (Wildman–Crippen MR) is 183 cm³/mol. The number of rotatable bonds is 3. The van der Waals surface area contributed by atoms with Crippen molar-refractivity contribution in [2.45, 2.75) is 0 Å². The van der Waals surface area contributed by atoms with Crippen LogP contribution in [0.5, 0.6) is 0 Å². The highest BCUT2D eigenvalue weighted by molar-refractivity contribution is 6.26. The summed E-state index contributed by atoms with van der Waals surface area (Å²) in [6.07, 6.45) is 0. The zero-order chi connectivity index (χ0) is 28.3. The molecule has 0 radical (unpaired) electrons. The zero-order valence-corrected chi connectivity index (χ0v) is 23.4. The van der Waals surface area contributed by atoms with Crippen LogP contribution in [0.1, 0.15) is 0 Å². The molecule has 0 aliphatic carbocycles. The Hall–Kier alpha value is -5.66. The van der Waals surface area contributed by atoms with E-state index in [2.05, 4.69) is 152 Å². The highest BCUT2D eigenvalue weighted by atomic mass is 16.3. The molecule has 1 aromatic heterocycles. The third-order valence-electron chi connectivity index (χ3n) is 8.82. The van der Waals surface area contributed by atoms with E-state index in [-0.39, 0.29) is 0 Å². The second kappa shape index (κ2) is 9.44. The number of hydrogen-bond acceptors (Lipinski definition) is 1. The van der Waals surface area contributed by atoms with Crippen LogP contribution < -0.4 is 0 Å². The Morgan fingerprint density at radius 3 is 1.63 bits per heavy atom. The number of fused-ring (bicyclic) bond motifs is 6. The van der Waals surface area contributed by atoms with Crippen molar-refractivity contribution in [1.82, 2.24) is 0 Å². The highest BCUT2D eigenvalue weighted by Crippen LogP contribution is 2.48. The average molecular weight is 547 g/mol. The lowest BCUT2D eigenvalue weighted by atomic mass is 9.84. The SMILES string of the molecule is c1ccc(-c2cc(-c3c4ccccc4c(-c4ccc5ccccc5c4)c4ccccc34)c3c(c2)oc2ccccc23)cc1. The summed E-state index contributed by atoms with van der Waals surface area (Å²) in [5, 5.41) is 9.77. The van der Waals surface area contributed by atoms with Gasteiger partial charge in [0.25, 0.3) is 0 Å². The predicted octanol–water partition coefficient (Wildman–Crippen LogP) is 12.0. The van der Waals surface area contributed by atoms with Gasteiger partial charge in [0.05, 0.1) is 0 Å². The van der Waals surface area contributed by atoms with Gasteiger partial charge in [-0.25, -0.2) is 0 Å². The molecule has 0 amide bonds. The quantitative estimate of drug-likeness (QED) is 0.201. The summed E-state index contributed by atoms with van der Waals surface area (Å²) in [5.74, 6) is 0. The van der Waals surface area contributed by atoms with Crippen molar-refractivity contribution < 1.29 is 4.42 Å². The van der Waals surface area contributed by atoms with Gasteiger partial charge in [0.15, 0.2) is 0 Å². The standard InChI is InChI=1S/C42H26O/c1-2-12-27(13-3-1)31-25-37(42-36-20-10-11-21-38(36)43-39(42)26-31)41-34-18-8-6-16-32(34)40(33-17-7-9-19-35(33)41)30-23-22-28-14-4-5-15-29(28)24-30/h1-26H. The van der Waals surface area contributed by atoms with Crippen LogP contribution in [-0.4, -0.2) is 0 Å². The molecule has 9 aromatic rings. The lowest BCUT2D eigenvalue weighted by molar-refractivity contribution is 0.669. The van der Waals surface area contributed by atoms with E-state index >= 15 is 0 Å². The van der Waals surface area contributed by atoms with Crippen molar-refractivity contribution in [1.29, 1.82) is 0 Å². The van der Waals surface area contributed by atoms with E-state index in [0.717, 1.165) is 27.5 Å². The fraction of sp³-hybridized carbons (Fsp3) is 0. The van der Waals surface area contributed by atoms with Gasteiger partial charge in [-0.15, -0.1) is 0 Å². The topological polar surface area (TPSA) is 13.1 Å². The minimum atomic E-state index is 0.907. The van der Waals surface area contributed by atoms with Crippen LogP contribution in [0.4, 0.5) is 0 Å². The minimum absolute atomic E-state index is 0.907. The van der Waals surface area contributed by atoms with Gasteiger partial charge >= 0.3 is 0 Å². The maximum atomic E-state index is 6.53. The first-order valence-electron chi connectivity index (χ1n) is 14.8. The second-order valence-electron chi connectivity index (χ2n) is 11.3. The largest absolute Gasteiger partial charge is 0.456 e. The van der Waals surface area contributed by atoms with Crippen LogP contribution >= 0.6 is 0 Å². The van der Waals surface area contributed by atoms with Gasteiger partial charge in [-0.2, -0.15) is 0 Å². The van der Waals surface area contributed by atoms with Crippen molar-refractivity contribution in [3.05, 3.63) is 158 Å². The molecule has 0 N–H and O–H groups in total. The summed E-state index contributed by atoms with van der Waals surface area (Å²) >= 11 is 0. The third-order valence-corrected chi connectivity index (χ3v) is 8.82. The molecule has 0 unspecified atom stereocenters. The molecular weight excluding hydrogens is 520 g/mol. The molecule has 0 aliphatic rings. The molecule has 43 heavy (non-hydrogen) atoms. The number of benzene rings is 8. The fourth-order valence-corrected chi connectivity index (χ4v) is 6.92. The van der Waals surface area contributed by atoms with Gasteiger partial charge in [-0.3, -0.25) is 0 Å². The molecule has 8 aromatic carbocycles. The van der Waals surface area contributed by atoms with Crippen molar-refractivity contribution in [2.75, 3.05) is 0 Å². The minimum Gasteiger partial charge on any atom is -0.456 e.